The molecule has 1 amide bonds. The molecule has 0 aliphatic carbocycles. The fourth-order valence-electron chi connectivity index (χ4n) is 1.28. The SMILES string of the molecule is O=C1NCc2c1ccc(O)c2O. The first-order valence-corrected chi connectivity index (χ1v) is 3.52. The predicted octanol–water partition coefficient (Wildman–Crippen LogP) is 0.341. The highest BCUT2D eigenvalue weighted by molar-refractivity contribution is 5.99. The standard InChI is InChI=1S/C8H7NO3/c10-6-2-1-4-5(7(6)11)3-9-8(4)12/h1-2,10-11H,3H2,(H,9,12). The quantitative estimate of drug-likeness (QED) is 0.485. The van der Waals surface area contributed by atoms with Gasteiger partial charge in [0.15, 0.2) is 11.5 Å². The molecule has 1 heterocycles. The van der Waals surface area contributed by atoms with Gasteiger partial charge in [-0.2, -0.15) is 0 Å². The van der Waals surface area contributed by atoms with Gasteiger partial charge >= 0.3 is 0 Å². The Hall–Kier alpha value is -1.71. The molecule has 0 fully saturated rings. The van der Waals surface area contributed by atoms with Crippen molar-refractivity contribution >= 4 is 5.91 Å². The highest BCUT2D eigenvalue weighted by Crippen LogP contribution is 2.33. The van der Waals surface area contributed by atoms with Gasteiger partial charge in [0, 0.05) is 17.7 Å². The first-order chi connectivity index (χ1) is 5.70. The van der Waals surface area contributed by atoms with Gasteiger partial charge in [0.1, 0.15) is 0 Å². The number of hydrogen-bond donors (Lipinski definition) is 3. The maximum atomic E-state index is 11.0. The van der Waals surface area contributed by atoms with Crippen molar-refractivity contribution in [3.63, 3.8) is 0 Å². The van der Waals surface area contributed by atoms with Gasteiger partial charge in [0.25, 0.3) is 5.91 Å². The number of carbonyl (C=O) groups is 1. The molecule has 0 unspecified atom stereocenters. The Morgan fingerprint density at radius 2 is 2.08 bits per heavy atom. The molecule has 0 spiro atoms. The number of nitrogens with one attached hydrogen (secondary N) is 1. The molecule has 1 aromatic rings. The Morgan fingerprint density at radius 1 is 1.33 bits per heavy atom. The van der Waals surface area contributed by atoms with Crippen molar-refractivity contribution in [1.29, 1.82) is 0 Å². The van der Waals surface area contributed by atoms with Gasteiger partial charge in [-0.1, -0.05) is 0 Å². The third kappa shape index (κ3) is 0.747. The van der Waals surface area contributed by atoms with E-state index in [1.165, 1.54) is 12.1 Å². The lowest BCUT2D eigenvalue weighted by Gasteiger charge is -2.00. The number of carbonyl (C=O) groups excluding carboxylic acids is 1. The number of benzene rings is 1. The van der Waals surface area contributed by atoms with E-state index in [2.05, 4.69) is 5.32 Å². The molecule has 2 rings (SSSR count). The molecule has 4 heteroatoms. The van der Waals surface area contributed by atoms with Crippen LogP contribution in [-0.2, 0) is 6.54 Å². The van der Waals surface area contributed by atoms with Crippen molar-refractivity contribution in [1.82, 2.24) is 5.32 Å². The number of hydrogen-bond acceptors (Lipinski definition) is 3. The predicted molar refractivity (Wildman–Crippen MR) is 40.9 cm³/mol. The van der Waals surface area contributed by atoms with Gasteiger partial charge in [-0.3, -0.25) is 4.79 Å². The van der Waals surface area contributed by atoms with Crippen LogP contribution in [-0.4, -0.2) is 16.1 Å². The summed E-state index contributed by atoms with van der Waals surface area (Å²) in [6, 6.07) is 2.80. The Morgan fingerprint density at radius 3 is 2.83 bits per heavy atom. The molecule has 0 bridgehead atoms. The number of amides is 1. The summed E-state index contributed by atoms with van der Waals surface area (Å²) in [6.07, 6.45) is 0. The maximum Gasteiger partial charge on any atom is 0.252 e. The Kier molecular flexibility index (Phi) is 1.24. The Bertz CT molecular complexity index is 360. The molecule has 0 radical (unpaired) electrons. The van der Waals surface area contributed by atoms with Crippen LogP contribution in [0.1, 0.15) is 15.9 Å². The zero-order chi connectivity index (χ0) is 8.72. The van der Waals surface area contributed by atoms with Crippen LogP contribution in [0.3, 0.4) is 0 Å². The molecule has 3 N–H and O–H groups in total. The number of rotatable bonds is 0. The molecule has 12 heavy (non-hydrogen) atoms. The fraction of sp³-hybridized carbons (Fsp3) is 0.125. The smallest absolute Gasteiger partial charge is 0.252 e. The molecule has 0 saturated carbocycles. The molecule has 62 valence electrons. The van der Waals surface area contributed by atoms with E-state index in [1.807, 2.05) is 0 Å². The van der Waals surface area contributed by atoms with Crippen LogP contribution < -0.4 is 5.32 Å². The molecule has 0 aromatic heterocycles. The molecular weight excluding hydrogens is 158 g/mol. The topological polar surface area (TPSA) is 69.6 Å². The fourth-order valence-corrected chi connectivity index (χ4v) is 1.28. The zero-order valence-corrected chi connectivity index (χ0v) is 6.16. The van der Waals surface area contributed by atoms with Gasteiger partial charge in [-0.05, 0) is 12.1 Å². The second kappa shape index (κ2) is 2.14. The summed E-state index contributed by atoms with van der Waals surface area (Å²) < 4.78 is 0. The van der Waals surface area contributed by atoms with Crippen molar-refractivity contribution in [3.8, 4) is 11.5 Å². The molecule has 1 aliphatic heterocycles. The zero-order valence-electron chi connectivity index (χ0n) is 6.16. The lowest BCUT2D eigenvalue weighted by Crippen LogP contribution is -2.12. The second-order valence-electron chi connectivity index (χ2n) is 2.64. The lowest BCUT2D eigenvalue weighted by molar-refractivity contribution is 0.0966. The average molecular weight is 165 g/mol. The summed E-state index contributed by atoms with van der Waals surface area (Å²) in [6.45, 7) is 0.286. The van der Waals surface area contributed by atoms with E-state index >= 15 is 0 Å². The van der Waals surface area contributed by atoms with Crippen molar-refractivity contribution in [2.45, 2.75) is 6.54 Å². The van der Waals surface area contributed by atoms with Crippen LogP contribution in [0.4, 0.5) is 0 Å². The largest absolute Gasteiger partial charge is 0.504 e. The van der Waals surface area contributed by atoms with E-state index in [9.17, 15) is 9.90 Å². The number of phenols is 2. The third-order valence-corrected chi connectivity index (χ3v) is 1.93. The summed E-state index contributed by atoms with van der Waals surface area (Å²) in [5, 5.41) is 20.9. The van der Waals surface area contributed by atoms with E-state index in [1.54, 1.807) is 0 Å². The van der Waals surface area contributed by atoms with Crippen molar-refractivity contribution in [2.24, 2.45) is 0 Å². The summed E-state index contributed by atoms with van der Waals surface area (Å²) >= 11 is 0. The number of fused-ring (bicyclic) bond motifs is 1. The first kappa shape index (κ1) is 6.97. The highest BCUT2D eigenvalue weighted by atomic mass is 16.3. The van der Waals surface area contributed by atoms with Crippen molar-refractivity contribution in [3.05, 3.63) is 23.3 Å². The van der Waals surface area contributed by atoms with E-state index in [4.69, 9.17) is 5.11 Å². The summed E-state index contributed by atoms with van der Waals surface area (Å²) in [5.74, 6) is -0.601. The summed E-state index contributed by atoms with van der Waals surface area (Å²) in [7, 11) is 0. The number of phenolic OH excluding ortho intramolecular Hbond substituents is 2. The van der Waals surface area contributed by atoms with Crippen LogP contribution in [0.5, 0.6) is 11.5 Å². The Balaban J connectivity index is 2.68. The van der Waals surface area contributed by atoms with Gasteiger partial charge in [0.05, 0.1) is 0 Å². The van der Waals surface area contributed by atoms with Gasteiger partial charge in [-0.15, -0.1) is 0 Å². The normalized spacial score (nSPS) is 14.2. The lowest BCUT2D eigenvalue weighted by atomic mass is 10.1. The van der Waals surface area contributed by atoms with E-state index in [-0.39, 0.29) is 24.0 Å². The molecule has 1 aliphatic rings. The van der Waals surface area contributed by atoms with Crippen molar-refractivity contribution in [2.75, 3.05) is 0 Å². The minimum absolute atomic E-state index is 0.190. The van der Waals surface area contributed by atoms with Gasteiger partial charge in [-0.25, -0.2) is 0 Å². The second-order valence-corrected chi connectivity index (χ2v) is 2.64. The van der Waals surface area contributed by atoms with Crippen LogP contribution in [0, 0.1) is 0 Å². The molecule has 0 saturated heterocycles. The van der Waals surface area contributed by atoms with Crippen LogP contribution in [0.25, 0.3) is 0 Å². The monoisotopic (exact) mass is 165 g/mol. The van der Waals surface area contributed by atoms with Crippen LogP contribution in [0.2, 0.25) is 0 Å². The van der Waals surface area contributed by atoms with E-state index < -0.39 is 0 Å². The highest BCUT2D eigenvalue weighted by Gasteiger charge is 2.23. The first-order valence-electron chi connectivity index (χ1n) is 3.52. The van der Waals surface area contributed by atoms with Gasteiger partial charge < -0.3 is 15.5 Å². The summed E-state index contributed by atoms with van der Waals surface area (Å²) in [4.78, 5) is 11.0. The van der Waals surface area contributed by atoms with Gasteiger partial charge in [0.2, 0.25) is 0 Å². The van der Waals surface area contributed by atoms with Crippen molar-refractivity contribution < 1.29 is 15.0 Å². The molecular formula is C8H7NO3. The minimum atomic E-state index is -0.208. The summed E-state index contributed by atoms with van der Waals surface area (Å²) in [5.41, 5.74) is 0.908. The van der Waals surface area contributed by atoms with E-state index in [0.29, 0.717) is 11.1 Å². The molecule has 4 nitrogen and oxygen atoms in total. The van der Waals surface area contributed by atoms with E-state index in [0.717, 1.165) is 0 Å². The molecule has 1 aromatic carbocycles. The Labute approximate surface area is 68.5 Å². The molecule has 0 atom stereocenters. The van der Waals surface area contributed by atoms with Crippen LogP contribution >= 0.6 is 0 Å². The number of aromatic hydroxyl groups is 2. The average Bonchev–Trinajstić information content (AvgIpc) is 2.41. The minimum Gasteiger partial charge on any atom is -0.504 e. The van der Waals surface area contributed by atoms with Crippen LogP contribution in [0.15, 0.2) is 12.1 Å². The maximum absolute atomic E-state index is 11.0. The third-order valence-electron chi connectivity index (χ3n) is 1.93.